The first-order valence-electron chi connectivity index (χ1n) is 13.7. The lowest BCUT2D eigenvalue weighted by Gasteiger charge is -2.16. The predicted octanol–water partition coefficient (Wildman–Crippen LogP) is 8.52. The van der Waals surface area contributed by atoms with E-state index in [2.05, 4.69) is 167 Å². The molecular formula is C38H26N2+2. The van der Waals surface area contributed by atoms with Crippen LogP contribution in [0.2, 0.25) is 0 Å². The Balaban J connectivity index is 1.62. The number of fused-ring (bicyclic) bond motifs is 4. The molecule has 8 aromatic rings. The zero-order chi connectivity index (χ0) is 26.5. The van der Waals surface area contributed by atoms with Gasteiger partial charge in [0, 0.05) is 59.7 Å². The van der Waals surface area contributed by atoms with Crippen molar-refractivity contribution in [3.05, 3.63) is 158 Å². The summed E-state index contributed by atoms with van der Waals surface area (Å²) in [6.07, 6.45) is 0. The summed E-state index contributed by atoms with van der Waals surface area (Å²) in [5.74, 6) is 0. The van der Waals surface area contributed by atoms with Gasteiger partial charge < -0.3 is 0 Å². The highest BCUT2D eigenvalue weighted by Crippen LogP contribution is 2.41. The fourth-order valence-electron chi connectivity index (χ4n) is 6.32. The molecule has 2 heterocycles. The van der Waals surface area contributed by atoms with E-state index in [4.69, 9.17) is 0 Å². The normalized spacial score (nSPS) is 11.5. The van der Waals surface area contributed by atoms with Crippen LogP contribution in [0.15, 0.2) is 158 Å². The second kappa shape index (κ2) is 9.14. The van der Waals surface area contributed by atoms with Crippen molar-refractivity contribution in [3.63, 3.8) is 0 Å². The maximum atomic E-state index is 2.39. The molecule has 0 aliphatic rings. The van der Waals surface area contributed by atoms with Gasteiger partial charge in [-0.2, -0.15) is 9.13 Å². The maximum absolute atomic E-state index is 2.39. The molecule has 0 N–H and O–H groups in total. The van der Waals surface area contributed by atoms with E-state index in [1.165, 1.54) is 54.7 Å². The first-order chi connectivity index (χ1) is 19.9. The maximum Gasteiger partial charge on any atom is 0.219 e. The highest BCUT2D eigenvalue weighted by Gasteiger charge is 2.28. The molecule has 186 valence electrons. The van der Waals surface area contributed by atoms with Crippen LogP contribution in [0.5, 0.6) is 0 Å². The SMILES string of the molecule is c1ccc(-[n+]2c3ccccc3c(-c3c4ccccc4[n+](-c4ccccc4)c4ccccc34)c3ccccc32)cc1. The smallest absolute Gasteiger partial charge is 0.153 e. The van der Waals surface area contributed by atoms with Gasteiger partial charge in [-0.3, -0.25) is 0 Å². The minimum Gasteiger partial charge on any atom is -0.153 e. The van der Waals surface area contributed by atoms with Gasteiger partial charge in [0.05, 0.1) is 21.5 Å². The minimum absolute atomic E-state index is 1.16. The Labute approximate surface area is 232 Å². The standard InChI is InChI=1S/C38H26N2/c1-3-15-27(16-4-1)39-33-23-11-7-19-29(33)37(30-20-8-12-24-34(30)39)38-31-21-9-13-25-35(31)40(28-17-5-2-6-18-28)36-26-14-10-22-32(36)38/h1-26H/q+2. The summed E-state index contributed by atoms with van der Waals surface area (Å²) in [5, 5.41) is 4.94. The lowest BCUT2D eigenvalue weighted by atomic mass is 9.90. The quantitative estimate of drug-likeness (QED) is 0.166. The van der Waals surface area contributed by atoms with Gasteiger partial charge in [-0.05, 0) is 24.3 Å². The number of rotatable bonds is 3. The van der Waals surface area contributed by atoms with Crippen molar-refractivity contribution in [2.75, 3.05) is 0 Å². The van der Waals surface area contributed by atoms with Crippen molar-refractivity contribution < 1.29 is 9.13 Å². The molecule has 0 unspecified atom stereocenters. The van der Waals surface area contributed by atoms with E-state index in [-0.39, 0.29) is 0 Å². The van der Waals surface area contributed by atoms with E-state index < -0.39 is 0 Å². The zero-order valence-electron chi connectivity index (χ0n) is 21.9. The van der Waals surface area contributed by atoms with E-state index in [0.29, 0.717) is 0 Å². The summed E-state index contributed by atoms with van der Waals surface area (Å²) in [6.45, 7) is 0. The number of para-hydroxylation sites is 6. The third-order valence-electron chi connectivity index (χ3n) is 7.94. The second-order valence-corrected chi connectivity index (χ2v) is 10.2. The molecule has 0 spiro atoms. The number of pyridine rings is 2. The number of benzene rings is 6. The van der Waals surface area contributed by atoms with Crippen LogP contribution < -0.4 is 9.13 Å². The molecule has 0 amide bonds. The van der Waals surface area contributed by atoms with Crippen molar-refractivity contribution in [1.29, 1.82) is 0 Å². The van der Waals surface area contributed by atoms with Crippen LogP contribution in [-0.2, 0) is 0 Å². The van der Waals surface area contributed by atoms with E-state index in [1.54, 1.807) is 0 Å². The lowest BCUT2D eigenvalue weighted by molar-refractivity contribution is -0.538. The molecule has 2 heteroatoms. The summed E-state index contributed by atoms with van der Waals surface area (Å²) in [5.41, 5.74) is 9.62. The first-order valence-corrected chi connectivity index (χ1v) is 13.7. The molecule has 0 fully saturated rings. The Bertz CT molecular complexity index is 1930. The average Bonchev–Trinajstić information content (AvgIpc) is 3.03. The molecule has 0 bridgehead atoms. The largest absolute Gasteiger partial charge is 0.219 e. The fraction of sp³-hybridized carbons (Fsp3) is 0. The summed E-state index contributed by atoms with van der Waals surface area (Å²) in [7, 11) is 0. The monoisotopic (exact) mass is 510 g/mol. The molecular weight excluding hydrogens is 484 g/mol. The number of aromatic nitrogens is 2. The predicted molar refractivity (Wildman–Crippen MR) is 165 cm³/mol. The average molecular weight is 511 g/mol. The van der Waals surface area contributed by atoms with Crippen LogP contribution in [0, 0.1) is 0 Å². The second-order valence-electron chi connectivity index (χ2n) is 10.2. The van der Waals surface area contributed by atoms with Crippen LogP contribution in [0.1, 0.15) is 0 Å². The molecule has 0 saturated heterocycles. The van der Waals surface area contributed by atoms with Gasteiger partial charge in [0.1, 0.15) is 0 Å². The molecule has 8 rings (SSSR count). The van der Waals surface area contributed by atoms with Crippen molar-refractivity contribution in [1.82, 2.24) is 0 Å². The Morgan fingerprint density at radius 1 is 0.250 bits per heavy atom. The molecule has 0 aliphatic carbocycles. The van der Waals surface area contributed by atoms with Gasteiger partial charge in [0.2, 0.25) is 33.4 Å². The molecule has 2 nitrogen and oxygen atoms in total. The molecule has 6 aromatic carbocycles. The van der Waals surface area contributed by atoms with Gasteiger partial charge in [0.25, 0.3) is 0 Å². The molecule has 2 aromatic heterocycles. The fourth-order valence-corrected chi connectivity index (χ4v) is 6.32. The van der Waals surface area contributed by atoms with Crippen molar-refractivity contribution in [2.24, 2.45) is 0 Å². The van der Waals surface area contributed by atoms with Crippen LogP contribution in [-0.4, -0.2) is 0 Å². The van der Waals surface area contributed by atoms with E-state index >= 15 is 0 Å². The third-order valence-corrected chi connectivity index (χ3v) is 7.94. The van der Waals surface area contributed by atoms with Crippen molar-refractivity contribution in [2.45, 2.75) is 0 Å². The van der Waals surface area contributed by atoms with Gasteiger partial charge in [-0.1, -0.05) is 84.9 Å². The molecule has 0 atom stereocenters. The Morgan fingerprint density at radius 2 is 0.500 bits per heavy atom. The Morgan fingerprint density at radius 3 is 0.800 bits per heavy atom. The number of nitrogens with zero attached hydrogens (tertiary/aromatic N) is 2. The number of hydrogen-bond donors (Lipinski definition) is 0. The molecule has 0 aliphatic heterocycles. The van der Waals surface area contributed by atoms with Gasteiger partial charge in [-0.25, -0.2) is 0 Å². The van der Waals surface area contributed by atoms with Gasteiger partial charge in [0.15, 0.2) is 0 Å². The highest BCUT2D eigenvalue weighted by molar-refractivity contribution is 6.18. The summed E-state index contributed by atoms with van der Waals surface area (Å²) >= 11 is 0. The Kier molecular flexibility index (Phi) is 5.17. The van der Waals surface area contributed by atoms with Gasteiger partial charge in [-0.15, -0.1) is 0 Å². The molecule has 0 saturated carbocycles. The van der Waals surface area contributed by atoms with Crippen molar-refractivity contribution >= 4 is 43.6 Å². The third kappa shape index (κ3) is 3.36. The van der Waals surface area contributed by atoms with E-state index in [1.807, 2.05) is 0 Å². The minimum atomic E-state index is 1.16. The van der Waals surface area contributed by atoms with Gasteiger partial charge >= 0.3 is 0 Å². The van der Waals surface area contributed by atoms with Crippen LogP contribution >= 0.6 is 0 Å². The number of hydrogen-bond acceptors (Lipinski definition) is 0. The topological polar surface area (TPSA) is 7.76 Å². The Hall–Kier alpha value is -5.34. The first kappa shape index (κ1) is 22.6. The van der Waals surface area contributed by atoms with E-state index in [0.717, 1.165) is 11.4 Å². The zero-order valence-corrected chi connectivity index (χ0v) is 21.9. The lowest BCUT2D eigenvalue weighted by Crippen LogP contribution is -2.33. The summed E-state index contributed by atoms with van der Waals surface area (Å²) in [6, 6.07) is 56.7. The summed E-state index contributed by atoms with van der Waals surface area (Å²) < 4.78 is 4.79. The van der Waals surface area contributed by atoms with Crippen molar-refractivity contribution in [3.8, 4) is 22.5 Å². The van der Waals surface area contributed by atoms with E-state index in [9.17, 15) is 0 Å². The van der Waals surface area contributed by atoms with Crippen LogP contribution in [0.3, 0.4) is 0 Å². The molecule has 40 heavy (non-hydrogen) atoms. The highest BCUT2D eigenvalue weighted by atomic mass is 15.0. The molecule has 0 radical (unpaired) electrons. The van der Waals surface area contributed by atoms with Crippen LogP contribution in [0.4, 0.5) is 0 Å². The van der Waals surface area contributed by atoms with Crippen LogP contribution in [0.25, 0.3) is 66.1 Å². The summed E-state index contributed by atoms with van der Waals surface area (Å²) in [4.78, 5) is 0.